The summed E-state index contributed by atoms with van der Waals surface area (Å²) in [5.74, 6) is -1.45. The van der Waals surface area contributed by atoms with Crippen LogP contribution in [-0.4, -0.2) is 25.7 Å². The molecule has 0 rings (SSSR count). The maximum absolute atomic E-state index is 11.1. The first-order valence-corrected chi connectivity index (χ1v) is 4.57. The molecular formula is C10H16O4. The second kappa shape index (κ2) is 7.12. The molecule has 0 atom stereocenters. The van der Waals surface area contributed by atoms with E-state index in [2.05, 4.69) is 18.2 Å². The van der Waals surface area contributed by atoms with E-state index in [1.807, 2.05) is 0 Å². The molecule has 0 radical (unpaired) electrons. The van der Waals surface area contributed by atoms with E-state index in [1.54, 1.807) is 0 Å². The van der Waals surface area contributed by atoms with Gasteiger partial charge in [-0.3, -0.25) is 0 Å². The number of rotatable bonds is 6. The number of carbonyl (C=O) groups is 2. The minimum atomic E-state index is -0.745. The maximum atomic E-state index is 11.1. The second-order valence-corrected chi connectivity index (χ2v) is 2.81. The number of ether oxygens (including phenoxy) is 2. The van der Waals surface area contributed by atoms with Gasteiger partial charge in [0.05, 0.1) is 13.7 Å². The highest BCUT2D eigenvalue weighted by atomic mass is 16.5. The van der Waals surface area contributed by atoms with Crippen molar-refractivity contribution >= 4 is 11.9 Å². The van der Waals surface area contributed by atoms with Crippen molar-refractivity contribution in [1.82, 2.24) is 0 Å². The highest BCUT2D eigenvalue weighted by Crippen LogP contribution is 2.00. The second-order valence-electron chi connectivity index (χ2n) is 2.81. The molecule has 0 aliphatic carbocycles. The third kappa shape index (κ3) is 4.64. The summed E-state index contributed by atoms with van der Waals surface area (Å²) < 4.78 is 9.11. The lowest BCUT2D eigenvalue weighted by Crippen LogP contribution is -2.16. The lowest BCUT2D eigenvalue weighted by Gasteiger charge is -2.04. The predicted octanol–water partition coefficient (Wildman–Crippen LogP) is 1.45. The molecule has 4 heteroatoms. The van der Waals surface area contributed by atoms with Gasteiger partial charge in [-0.2, -0.15) is 0 Å². The zero-order chi connectivity index (χ0) is 11.0. The first-order valence-electron chi connectivity index (χ1n) is 4.57. The molecule has 0 aliphatic heterocycles. The van der Waals surface area contributed by atoms with Crippen molar-refractivity contribution in [2.75, 3.05) is 13.7 Å². The topological polar surface area (TPSA) is 52.6 Å². The molecule has 0 heterocycles. The van der Waals surface area contributed by atoms with Crippen molar-refractivity contribution < 1.29 is 19.1 Å². The molecule has 14 heavy (non-hydrogen) atoms. The van der Waals surface area contributed by atoms with Crippen LogP contribution in [0.2, 0.25) is 0 Å². The van der Waals surface area contributed by atoms with Crippen molar-refractivity contribution in [2.24, 2.45) is 0 Å². The maximum Gasteiger partial charge on any atom is 0.344 e. The Labute approximate surface area is 83.9 Å². The summed E-state index contributed by atoms with van der Waals surface area (Å²) in [6, 6.07) is 0. The van der Waals surface area contributed by atoms with E-state index in [9.17, 15) is 9.59 Å². The van der Waals surface area contributed by atoms with Gasteiger partial charge >= 0.3 is 11.9 Å². The largest absolute Gasteiger partial charge is 0.465 e. The fraction of sp³-hybridized carbons (Fsp3) is 0.600. The summed E-state index contributed by atoms with van der Waals surface area (Å²) in [6.45, 7) is 5.65. The predicted molar refractivity (Wildman–Crippen MR) is 51.6 cm³/mol. The molecule has 0 spiro atoms. The smallest absolute Gasteiger partial charge is 0.344 e. The van der Waals surface area contributed by atoms with Crippen LogP contribution in [0, 0.1) is 0 Å². The minimum Gasteiger partial charge on any atom is -0.465 e. The van der Waals surface area contributed by atoms with Crippen molar-refractivity contribution in [3.63, 3.8) is 0 Å². The van der Waals surface area contributed by atoms with Crippen LogP contribution in [0.15, 0.2) is 12.2 Å². The molecule has 0 aromatic heterocycles. The van der Waals surface area contributed by atoms with E-state index in [0.717, 1.165) is 19.3 Å². The number of methoxy groups -OCH3 is 1. The van der Waals surface area contributed by atoms with Crippen LogP contribution >= 0.6 is 0 Å². The average molecular weight is 200 g/mol. The van der Waals surface area contributed by atoms with Gasteiger partial charge in [-0.1, -0.05) is 26.3 Å². The van der Waals surface area contributed by atoms with Crippen molar-refractivity contribution in [2.45, 2.75) is 26.2 Å². The molecule has 80 valence electrons. The third-order valence-electron chi connectivity index (χ3n) is 1.66. The Hall–Kier alpha value is -1.32. The fourth-order valence-corrected chi connectivity index (χ4v) is 0.811. The summed E-state index contributed by atoms with van der Waals surface area (Å²) in [7, 11) is 1.19. The van der Waals surface area contributed by atoms with Crippen molar-refractivity contribution in [3.05, 3.63) is 12.2 Å². The summed E-state index contributed by atoms with van der Waals surface area (Å²) in [4.78, 5) is 21.9. The zero-order valence-corrected chi connectivity index (χ0v) is 8.67. The van der Waals surface area contributed by atoms with Gasteiger partial charge in [0.15, 0.2) is 0 Å². The molecule has 0 saturated heterocycles. The first kappa shape index (κ1) is 12.7. The van der Waals surface area contributed by atoms with Crippen LogP contribution in [0.3, 0.4) is 0 Å². The van der Waals surface area contributed by atoms with Crippen molar-refractivity contribution in [1.29, 1.82) is 0 Å². The lowest BCUT2D eigenvalue weighted by molar-refractivity contribution is -0.145. The first-order chi connectivity index (χ1) is 6.63. The Morgan fingerprint density at radius 1 is 1.21 bits per heavy atom. The normalized spacial score (nSPS) is 9.29. The summed E-state index contributed by atoms with van der Waals surface area (Å²) >= 11 is 0. The van der Waals surface area contributed by atoms with Gasteiger partial charge < -0.3 is 9.47 Å². The fourth-order valence-electron chi connectivity index (χ4n) is 0.811. The van der Waals surface area contributed by atoms with Gasteiger partial charge in [0, 0.05) is 0 Å². The summed E-state index contributed by atoms with van der Waals surface area (Å²) in [6.07, 6.45) is 2.85. The molecule has 4 nitrogen and oxygen atoms in total. The van der Waals surface area contributed by atoms with Crippen LogP contribution in [0.25, 0.3) is 0 Å². The Morgan fingerprint density at radius 2 is 1.86 bits per heavy atom. The van der Waals surface area contributed by atoms with Crippen LogP contribution in [0.5, 0.6) is 0 Å². The van der Waals surface area contributed by atoms with Gasteiger partial charge in [0.25, 0.3) is 0 Å². The highest BCUT2D eigenvalue weighted by Gasteiger charge is 2.16. The van der Waals surface area contributed by atoms with Crippen molar-refractivity contribution in [3.8, 4) is 0 Å². The van der Waals surface area contributed by atoms with E-state index in [0.29, 0.717) is 6.61 Å². The van der Waals surface area contributed by atoms with Crippen LogP contribution in [0.4, 0.5) is 0 Å². The van der Waals surface area contributed by atoms with Gasteiger partial charge in [0.2, 0.25) is 0 Å². The highest BCUT2D eigenvalue weighted by molar-refractivity contribution is 6.13. The van der Waals surface area contributed by atoms with E-state index in [1.165, 1.54) is 7.11 Å². The Morgan fingerprint density at radius 3 is 2.36 bits per heavy atom. The molecule has 0 N–H and O–H groups in total. The van der Waals surface area contributed by atoms with Gasteiger partial charge in [0.1, 0.15) is 5.57 Å². The third-order valence-corrected chi connectivity index (χ3v) is 1.66. The zero-order valence-electron chi connectivity index (χ0n) is 8.67. The molecule has 0 aromatic rings. The molecule has 0 fully saturated rings. The van der Waals surface area contributed by atoms with E-state index in [4.69, 9.17) is 4.74 Å². The molecule has 0 aromatic carbocycles. The summed E-state index contributed by atoms with van der Waals surface area (Å²) in [5.41, 5.74) is -0.260. The van der Waals surface area contributed by atoms with Crippen LogP contribution in [-0.2, 0) is 19.1 Å². The van der Waals surface area contributed by atoms with Gasteiger partial charge in [-0.05, 0) is 6.42 Å². The molecule has 0 saturated carbocycles. The molecular weight excluding hydrogens is 184 g/mol. The molecule has 0 bridgehead atoms. The van der Waals surface area contributed by atoms with Gasteiger partial charge in [-0.15, -0.1) is 0 Å². The molecule has 0 aliphatic rings. The van der Waals surface area contributed by atoms with Crippen LogP contribution in [0.1, 0.15) is 26.2 Å². The minimum absolute atomic E-state index is 0.260. The summed E-state index contributed by atoms with van der Waals surface area (Å²) in [5, 5.41) is 0. The lowest BCUT2D eigenvalue weighted by atomic mass is 10.3. The quantitative estimate of drug-likeness (QED) is 0.214. The number of hydrogen-bond acceptors (Lipinski definition) is 4. The number of hydrogen-bond donors (Lipinski definition) is 0. The molecule has 0 unspecified atom stereocenters. The van der Waals surface area contributed by atoms with E-state index < -0.39 is 11.9 Å². The Balaban J connectivity index is 3.74. The van der Waals surface area contributed by atoms with E-state index >= 15 is 0 Å². The average Bonchev–Trinajstić information content (AvgIpc) is 2.21. The van der Waals surface area contributed by atoms with Gasteiger partial charge in [-0.25, -0.2) is 9.59 Å². The monoisotopic (exact) mass is 200 g/mol. The molecule has 0 amide bonds. The number of esters is 2. The Bertz CT molecular complexity index is 220. The van der Waals surface area contributed by atoms with Crippen LogP contribution < -0.4 is 0 Å². The van der Waals surface area contributed by atoms with E-state index in [-0.39, 0.29) is 5.57 Å². The SMILES string of the molecule is C=C(C(=O)OC)C(=O)OCCCCC. The standard InChI is InChI=1S/C10H16O4/c1-4-5-6-7-14-10(12)8(2)9(11)13-3/h2,4-7H2,1,3H3. The number of carbonyl (C=O) groups excluding carboxylic acids is 2. The number of unbranched alkanes of at least 4 members (excludes halogenated alkanes) is 2. The Kier molecular flexibility index (Phi) is 6.45.